The van der Waals surface area contributed by atoms with Gasteiger partial charge in [-0.1, -0.05) is 0 Å². The van der Waals surface area contributed by atoms with Crippen molar-refractivity contribution in [3.63, 3.8) is 0 Å². The maximum atomic E-state index is 12.7. The van der Waals surface area contributed by atoms with Gasteiger partial charge in [-0.05, 0) is 32.9 Å². The van der Waals surface area contributed by atoms with E-state index >= 15 is 0 Å². The normalized spacial score (nSPS) is 24.0. The zero-order valence-electron chi connectivity index (χ0n) is 9.46. The van der Waals surface area contributed by atoms with Crippen molar-refractivity contribution in [2.75, 3.05) is 26.7 Å². The summed E-state index contributed by atoms with van der Waals surface area (Å²) in [6.45, 7) is 1.02. The second-order valence-corrected chi connectivity index (χ2v) is 4.21. The molecule has 0 aromatic carbocycles. The van der Waals surface area contributed by atoms with Crippen molar-refractivity contribution in [3.05, 3.63) is 0 Å². The van der Waals surface area contributed by atoms with Gasteiger partial charge in [0.05, 0.1) is 6.10 Å². The van der Waals surface area contributed by atoms with Gasteiger partial charge in [0.2, 0.25) is 0 Å². The molecule has 0 radical (unpaired) electrons. The number of nitrogens with zero attached hydrogens (tertiary/aromatic N) is 1. The van der Waals surface area contributed by atoms with E-state index in [-0.39, 0.29) is 19.1 Å². The molecule has 0 aromatic rings. The Morgan fingerprint density at radius 2 is 2.19 bits per heavy atom. The van der Waals surface area contributed by atoms with Gasteiger partial charge in [-0.25, -0.2) is 0 Å². The Morgan fingerprint density at radius 1 is 1.50 bits per heavy atom. The first-order valence-corrected chi connectivity index (χ1v) is 5.53. The van der Waals surface area contributed by atoms with E-state index in [9.17, 15) is 13.2 Å². The van der Waals surface area contributed by atoms with Crippen LogP contribution in [0.15, 0.2) is 0 Å². The number of ether oxygens (including phenoxy) is 1. The molecule has 3 nitrogen and oxygen atoms in total. The molecule has 1 heterocycles. The molecule has 6 heteroatoms. The summed E-state index contributed by atoms with van der Waals surface area (Å²) in [6.07, 6.45) is -2.56. The van der Waals surface area contributed by atoms with E-state index < -0.39 is 12.2 Å². The van der Waals surface area contributed by atoms with Crippen LogP contribution in [0, 0.1) is 0 Å². The molecule has 1 aliphatic rings. The minimum atomic E-state index is -4.22. The Labute approximate surface area is 93.7 Å². The van der Waals surface area contributed by atoms with Gasteiger partial charge in [0, 0.05) is 13.2 Å². The zero-order valence-corrected chi connectivity index (χ0v) is 9.46. The van der Waals surface area contributed by atoms with E-state index in [1.807, 2.05) is 0 Å². The van der Waals surface area contributed by atoms with Crippen LogP contribution in [0.4, 0.5) is 13.2 Å². The Hall–Kier alpha value is -0.330. The fourth-order valence-corrected chi connectivity index (χ4v) is 2.03. The number of hydrogen-bond donors (Lipinski definition) is 1. The third-order valence-electron chi connectivity index (χ3n) is 2.87. The second kappa shape index (κ2) is 5.84. The van der Waals surface area contributed by atoms with Crippen molar-refractivity contribution in [2.24, 2.45) is 5.73 Å². The first-order valence-electron chi connectivity index (χ1n) is 5.53. The molecule has 0 aromatic heterocycles. The summed E-state index contributed by atoms with van der Waals surface area (Å²) in [5.74, 6) is 0. The smallest absolute Gasteiger partial charge is 0.377 e. The second-order valence-electron chi connectivity index (χ2n) is 4.21. The molecule has 16 heavy (non-hydrogen) atoms. The Morgan fingerprint density at radius 3 is 2.62 bits per heavy atom. The van der Waals surface area contributed by atoms with Crippen molar-refractivity contribution in [2.45, 2.75) is 37.6 Å². The molecular formula is C10H19F3N2O. The highest BCUT2D eigenvalue weighted by atomic mass is 19.4. The van der Waals surface area contributed by atoms with E-state index in [1.165, 1.54) is 11.9 Å². The van der Waals surface area contributed by atoms with Gasteiger partial charge in [0.1, 0.15) is 6.04 Å². The lowest BCUT2D eigenvalue weighted by atomic mass is 10.1. The highest BCUT2D eigenvalue weighted by Gasteiger charge is 2.42. The van der Waals surface area contributed by atoms with Gasteiger partial charge in [0.25, 0.3) is 0 Å². The van der Waals surface area contributed by atoms with Gasteiger partial charge in [-0.3, -0.25) is 4.90 Å². The number of nitrogens with two attached hydrogens (primary N) is 1. The van der Waals surface area contributed by atoms with Gasteiger partial charge in [-0.2, -0.15) is 13.2 Å². The minimum absolute atomic E-state index is 0.0417. The molecule has 1 saturated heterocycles. The van der Waals surface area contributed by atoms with Crippen LogP contribution in [-0.4, -0.2) is 50.0 Å². The third kappa shape index (κ3) is 3.92. The van der Waals surface area contributed by atoms with E-state index in [2.05, 4.69) is 0 Å². The van der Waals surface area contributed by atoms with Crippen LogP contribution >= 0.6 is 0 Å². The average molecular weight is 240 g/mol. The first kappa shape index (κ1) is 13.7. The van der Waals surface area contributed by atoms with Crippen LogP contribution in [0.3, 0.4) is 0 Å². The van der Waals surface area contributed by atoms with Crippen LogP contribution in [-0.2, 0) is 4.74 Å². The third-order valence-corrected chi connectivity index (χ3v) is 2.87. The molecule has 96 valence electrons. The molecule has 1 fully saturated rings. The van der Waals surface area contributed by atoms with Crippen molar-refractivity contribution >= 4 is 0 Å². The van der Waals surface area contributed by atoms with E-state index in [1.54, 1.807) is 0 Å². The fraction of sp³-hybridized carbons (Fsp3) is 1.00. The lowest BCUT2D eigenvalue weighted by Gasteiger charge is -2.31. The van der Waals surface area contributed by atoms with Crippen molar-refractivity contribution in [3.8, 4) is 0 Å². The highest BCUT2D eigenvalue weighted by Crippen LogP contribution is 2.27. The molecule has 0 saturated carbocycles. The summed E-state index contributed by atoms with van der Waals surface area (Å²) >= 11 is 0. The number of halogens is 3. The molecule has 2 atom stereocenters. The van der Waals surface area contributed by atoms with Crippen LogP contribution in [0.2, 0.25) is 0 Å². The van der Waals surface area contributed by atoms with Crippen molar-refractivity contribution in [1.29, 1.82) is 0 Å². The first-order chi connectivity index (χ1) is 7.45. The predicted octanol–water partition coefficient (Wildman–Crippen LogP) is 1.38. The monoisotopic (exact) mass is 240 g/mol. The highest BCUT2D eigenvalue weighted by molar-refractivity contribution is 4.80. The van der Waals surface area contributed by atoms with Crippen molar-refractivity contribution < 1.29 is 17.9 Å². The van der Waals surface area contributed by atoms with Crippen LogP contribution in [0.25, 0.3) is 0 Å². The number of likely N-dealkylation sites (N-methyl/N-ethyl adjacent to an activating group) is 1. The van der Waals surface area contributed by atoms with Crippen LogP contribution < -0.4 is 5.73 Å². The van der Waals surface area contributed by atoms with Crippen molar-refractivity contribution in [1.82, 2.24) is 4.90 Å². The lowest BCUT2D eigenvalue weighted by Crippen LogP contribution is -2.47. The quantitative estimate of drug-likeness (QED) is 0.789. The summed E-state index contributed by atoms with van der Waals surface area (Å²) in [5.41, 5.74) is 5.21. The van der Waals surface area contributed by atoms with Crippen LogP contribution in [0.5, 0.6) is 0 Å². The van der Waals surface area contributed by atoms with Gasteiger partial charge < -0.3 is 10.5 Å². The lowest BCUT2D eigenvalue weighted by molar-refractivity contribution is -0.184. The summed E-state index contributed by atoms with van der Waals surface area (Å²) in [5, 5.41) is 0. The number of hydrogen-bond acceptors (Lipinski definition) is 3. The maximum absolute atomic E-state index is 12.7. The SMILES string of the molecule is CN(CC1CCCO1)C(CCN)C(F)(F)F. The minimum Gasteiger partial charge on any atom is -0.377 e. The van der Waals surface area contributed by atoms with E-state index in [0.717, 1.165) is 12.8 Å². The van der Waals surface area contributed by atoms with E-state index in [4.69, 9.17) is 10.5 Å². The molecule has 0 bridgehead atoms. The Bertz CT molecular complexity index is 205. The van der Waals surface area contributed by atoms with Gasteiger partial charge in [-0.15, -0.1) is 0 Å². The number of alkyl halides is 3. The largest absolute Gasteiger partial charge is 0.404 e. The molecule has 0 spiro atoms. The Balaban J connectivity index is 2.49. The zero-order chi connectivity index (χ0) is 12.2. The summed E-state index contributed by atoms with van der Waals surface area (Å²) in [4.78, 5) is 1.31. The molecule has 0 aliphatic carbocycles. The summed E-state index contributed by atoms with van der Waals surface area (Å²) in [7, 11) is 1.48. The van der Waals surface area contributed by atoms with Gasteiger partial charge in [0.15, 0.2) is 0 Å². The van der Waals surface area contributed by atoms with E-state index in [0.29, 0.717) is 13.2 Å². The topological polar surface area (TPSA) is 38.5 Å². The fourth-order valence-electron chi connectivity index (χ4n) is 2.03. The van der Waals surface area contributed by atoms with Crippen LogP contribution in [0.1, 0.15) is 19.3 Å². The average Bonchev–Trinajstić information content (AvgIpc) is 2.64. The Kier molecular flexibility index (Phi) is 5.01. The standard InChI is InChI=1S/C10H19F3N2O/c1-15(7-8-3-2-6-16-8)9(4-5-14)10(11,12)13/h8-9H,2-7,14H2,1H3. The maximum Gasteiger partial charge on any atom is 0.404 e. The molecule has 0 amide bonds. The summed E-state index contributed by atoms with van der Waals surface area (Å²) < 4.78 is 43.4. The molecule has 2 N–H and O–H groups in total. The molecule has 2 unspecified atom stereocenters. The van der Waals surface area contributed by atoms with Gasteiger partial charge >= 0.3 is 6.18 Å². The molecular weight excluding hydrogens is 221 g/mol. The molecule has 1 aliphatic heterocycles. The molecule has 1 rings (SSSR count). The number of rotatable bonds is 5. The predicted molar refractivity (Wildman–Crippen MR) is 55.1 cm³/mol. The summed E-state index contributed by atoms with van der Waals surface area (Å²) in [6, 6.07) is -1.46.